The lowest BCUT2D eigenvalue weighted by Gasteiger charge is -2.32. The predicted octanol–water partition coefficient (Wildman–Crippen LogP) is 3.43. The second-order valence-corrected chi connectivity index (χ2v) is 7.91. The average molecular weight is 417 g/mol. The highest BCUT2D eigenvalue weighted by atomic mass is 19.1. The molecule has 0 heterocycles. The number of rotatable bonds is 11. The highest BCUT2D eigenvalue weighted by molar-refractivity contribution is 5.94. The molecular weight excluding hydrogens is 383 g/mol. The average Bonchev–Trinajstić information content (AvgIpc) is 2.75. The maximum Gasteiger partial charge on any atom is 0.251 e. The van der Waals surface area contributed by atoms with Crippen molar-refractivity contribution in [3.05, 3.63) is 70.5 Å². The minimum atomic E-state index is -1.42. The Labute approximate surface area is 178 Å². The van der Waals surface area contributed by atoms with Crippen molar-refractivity contribution < 1.29 is 19.4 Å². The number of halogens is 1. The van der Waals surface area contributed by atoms with E-state index in [9.17, 15) is 19.4 Å². The van der Waals surface area contributed by atoms with E-state index in [1.165, 1.54) is 12.1 Å². The molecule has 6 heteroatoms. The fraction of sp³-hybridized carbons (Fsp3) is 0.458. The summed E-state index contributed by atoms with van der Waals surface area (Å²) in [5.74, 6) is -0.586. The molecule has 0 saturated heterocycles. The smallest absolute Gasteiger partial charge is 0.251 e. The molecule has 0 saturated carbocycles. The molecule has 0 fully saturated rings. The molecule has 1 amide bonds. The molecule has 0 bridgehead atoms. The summed E-state index contributed by atoms with van der Waals surface area (Å²) in [6, 6.07) is 10.7. The van der Waals surface area contributed by atoms with Gasteiger partial charge in [0.05, 0.1) is 6.61 Å². The van der Waals surface area contributed by atoms with Crippen LogP contribution in [-0.2, 0) is 12.2 Å². The molecule has 0 radical (unpaired) electrons. The molecule has 2 rings (SSSR count). The van der Waals surface area contributed by atoms with Gasteiger partial charge < -0.3 is 20.4 Å². The number of carbonyl (C=O) groups excluding carboxylic acids is 1. The minimum Gasteiger partial charge on any atom is -0.392 e. The van der Waals surface area contributed by atoms with Crippen molar-refractivity contribution in [1.29, 1.82) is 0 Å². The van der Waals surface area contributed by atoms with E-state index in [0.29, 0.717) is 41.8 Å². The third-order valence-corrected chi connectivity index (χ3v) is 5.29. The molecular formula is C24H33FN2O3. The van der Waals surface area contributed by atoms with Crippen LogP contribution in [0.15, 0.2) is 42.5 Å². The maximum atomic E-state index is 13.5. The molecule has 2 aromatic carbocycles. The van der Waals surface area contributed by atoms with Gasteiger partial charge in [-0.2, -0.15) is 0 Å². The van der Waals surface area contributed by atoms with E-state index in [2.05, 4.69) is 12.2 Å². The molecule has 164 valence electrons. The first-order valence-electron chi connectivity index (χ1n) is 10.5. The number of hydrogen-bond acceptors (Lipinski definition) is 4. The molecule has 5 nitrogen and oxygen atoms in total. The van der Waals surface area contributed by atoms with E-state index >= 15 is 0 Å². The van der Waals surface area contributed by atoms with Crippen LogP contribution in [-0.4, -0.2) is 48.2 Å². The van der Waals surface area contributed by atoms with Gasteiger partial charge in [-0.1, -0.05) is 38.0 Å². The van der Waals surface area contributed by atoms with Crippen molar-refractivity contribution in [3.63, 3.8) is 0 Å². The van der Waals surface area contributed by atoms with Crippen molar-refractivity contribution in [1.82, 2.24) is 10.2 Å². The number of amides is 1. The fourth-order valence-corrected chi connectivity index (χ4v) is 3.49. The van der Waals surface area contributed by atoms with E-state index in [4.69, 9.17) is 0 Å². The van der Waals surface area contributed by atoms with Gasteiger partial charge in [-0.25, -0.2) is 4.39 Å². The zero-order chi connectivity index (χ0) is 22.1. The molecule has 0 aliphatic rings. The first-order valence-corrected chi connectivity index (χ1v) is 10.5. The standard InChI is InChI=1S/C24H33FN2O3/c1-4-5-6-14-26-23(29)18-7-12-22(19(16-18)17-28)24(30,13-15-27(2)3)20-8-10-21(25)11-9-20/h7-12,16,28,30H,4-6,13-15,17H2,1-3H3,(H,26,29). The van der Waals surface area contributed by atoms with Gasteiger partial charge in [-0.3, -0.25) is 4.79 Å². The molecule has 1 atom stereocenters. The van der Waals surface area contributed by atoms with Crippen LogP contribution in [0.4, 0.5) is 4.39 Å². The third kappa shape index (κ3) is 6.11. The molecule has 0 aromatic heterocycles. The summed E-state index contributed by atoms with van der Waals surface area (Å²) in [5.41, 5.74) is 0.542. The summed E-state index contributed by atoms with van der Waals surface area (Å²) >= 11 is 0. The lowest BCUT2D eigenvalue weighted by atomic mass is 9.80. The second kappa shape index (κ2) is 11.2. The van der Waals surface area contributed by atoms with Crippen LogP contribution in [0.2, 0.25) is 0 Å². The van der Waals surface area contributed by atoms with Crippen LogP contribution in [0, 0.1) is 5.82 Å². The Kier molecular flexibility index (Phi) is 8.96. The second-order valence-electron chi connectivity index (χ2n) is 7.91. The summed E-state index contributed by atoms with van der Waals surface area (Å²) < 4.78 is 13.5. The highest BCUT2D eigenvalue weighted by Gasteiger charge is 2.34. The maximum absolute atomic E-state index is 13.5. The van der Waals surface area contributed by atoms with Crippen molar-refractivity contribution in [2.45, 2.75) is 44.8 Å². The van der Waals surface area contributed by atoms with Crippen molar-refractivity contribution in [2.24, 2.45) is 0 Å². The Morgan fingerprint density at radius 2 is 1.83 bits per heavy atom. The summed E-state index contributed by atoms with van der Waals surface area (Å²) in [6.07, 6.45) is 3.40. The van der Waals surface area contributed by atoms with E-state index in [-0.39, 0.29) is 18.3 Å². The lowest BCUT2D eigenvalue weighted by molar-refractivity contribution is 0.0605. The normalized spacial score (nSPS) is 13.3. The van der Waals surface area contributed by atoms with Crippen LogP contribution in [0.3, 0.4) is 0 Å². The lowest BCUT2D eigenvalue weighted by Crippen LogP contribution is -2.33. The number of aliphatic hydroxyl groups excluding tert-OH is 1. The third-order valence-electron chi connectivity index (χ3n) is 5.29. The Morgan fingerprint density at radius 1 is 1.13 bits per heavy atom. The van der Waals surface area contributed by atoms with Gasteiger partial charge in [0.2, 0.25) is 0 Å². The van der Waals surface area contributed by atoms with Crippen LogP contribution >= 0.6 is 0 Å². The van der Waals surface area contributed by atoms with E-state index in [1.807, 2.05) is 19.0 Å². The van der Waals surface area contributed by atoms with Crippen molar-refractivity contribution in [2.75, 3.05) is 27.2 Å². The van der Waals surface area contributed by atoms with E-state index in [1.54, 1.807) is 30.3 Å². The molecule has 0 aliphatic carbocycles. The van der Waals surface area contributed by atoms with E-state index < -0.39 is 5.60 Å². The van der Waals surface area contributed by atoms with Gasteiger partial charge in [0, 0.05) is 18.7 Å². The summed E-state index contributed by atoms with van der Waals surface area (Å²) in [6.45, 7) is 2.97. The Hall–Kier alpha value is -2.28. The van der Waals surface area contributed by atoms with Crippen LogP contribution < -0.4 is 5.32 Å². The molecule has 3 N–H and O–H groups in total. The zero-order valence-electron chi connectivity index (χ0n) is 18.1. The summed E-state index contributed by atoms with van der Waals surface area (Å²) in [5, 5.41) is 24.6. The number of carbonyl (C=O) groups is 1. The topological polar surface area (TPSA) is 72.8 Å². The number of nitrogens with one attached hydrogen (secondary N) is 1. The monoisotopic (exact) mass is 416 g/mol. The van der Waals surface area contributed by atoms with Crippen molar-refractivity contribution in [3.8, 4) is 0 Å². The number of nitrogens with zero attached hydrogens (tertiary/aromatic N) is 1. The number of hydrogen-bond donors (Lipinski definition) is 3. The first kappa shape index (κ1) is 24.0. The quantitative estimate of drug-likeness (QED) is 0.491. The Bertz CT molecular complexity index is 824. The van der Waals surface area contributed by atoms with Gasteiger partial charge >= 0.3 is 0 Å². The first-order chi connectivity index (χ1) is 14.3. The zero-order valence-corrected chi connectivity index (χ0v) is 18.1. The van der Waals surface area contributed by atoms with Crippen LogP contribution in [0.5, 0.6) is 0 Å². The SMILES string of the molecule is CCCCCNC(=O)c1ccc(C(O)(CCN(C)C)c2ccc(F)cc2)c(CO)c1. The van der Waals surface area contributed by atoms with Crippen LogP contribution in [0.25, 0.3) is 0 Å². The number of aliphatic hydroxyl groups is 2. The summed E-state index contributed by atoms with van der Waals surface area (Å²) in [7, 11) is 3.81. The minimum absolute atomic E-state index is 0.203. The Morgan fingerprint density at radius 3 is 2.43 bits per heavy atom. The number of unbranched alkanes of at least 4 members (excludes halogenated alkanes) is 2. The molecule has 30 heavy (non-hydrogen) atoms. The molecule has 1 unspecified atom stereocenters. The highest BCUT2D eigenvalue weighted by Crippen LogP contribution is 2.36. The molecule has 0 aliphatic heterocycles. The number of benzene rings is 2. The van der Waals surface area contributed by atoms with Gasteiger partial charge in [0.15, 0.2) is 0 Å². The molecule has 0 spiro atoms. The van der Waals surface area contributed by atoms with E-state index in [0.717, 1.165) is 19.3 Å². The van der Waals surface area contributed by atoms with Gasteiger partial charge in [-0.15, -0.1) is 0 Å². The molecule has 2 aromatic rings. The van der Waals surface area contributed by atoms with Crippen LogP contribution in [0.1, 0.15) is 59.7 Å². The van der Waals surface area contributed by atoms with Gasteiger partial charge in [-0.05, 0) is 67.9 Å². The fourth-order valence-electron chi connectivity index (χ4n) is 3.49. The van der Waals surface area contributed by atoms with Crippen molar-refractivity contribution >= 4 is 5.91 Å². The summed E-state index contributed by atoms with van der Waals surface area (Å²) in [4.78, 5) is 14.4. The largest absolute Gasteiger partial charge is 0.392 e. The van der Waals surface area contributed by atoms with Gasteiger partial charge in [0.25, 0.3) is 5.91 Å². The van der Waals surface area contributed by atoms with Gasteiger partial charge in [0.1, 0.15) is 11.4 Å². The Balaban J connectivity index is 2.38. The predicted molar refractivity (Wildman–Crippen MR) is 117 cm³/mol.